The van der Waals surface area contributed by atoms with Gasteiger partial charge in [-0.25, -0.2) is 0 Å². The summed E-state index contributed by atoms with van der Waals surface area (Å²) < 4.78 is 43.6. The van der Waals surface area contributed by atoms with Crippen LogP contribution in [0.1, 0.15) is 36.1 Å². The van der Waals surface area contributed by atoms with Crippen LogP contribution in [0.4, 0.5) is 13.2 Å². The SMILES string of the molecule is COc1ccccc1CN1CCCN(C2CCN(Cc3ccc(C(F)(F)F)nc3)CC2)CC1. The van der Waals surface area contributed by atoms with Gasteiger partial charge in [-0.2, -0.15) is 13.2 Å². The highest BCUT2D eigenvalue weighted by Gasteiger charge is 2.32. The van der Waals surface area contributed by atoms with Crippen molar-refractivity contribution in [2.45, 2.75) is 44.6 Å². The number of likely N-dealkylation sites (tertiary alicyclic amines) is 1. The molecule has 2 fully saturated rings. The quantitative estimate of drug-likeness (QED) is 0.640. The first kappa shape index (κ1) is 24.0. The first-order valence-corrected chi connectivity index (χ1v) is 11.7. The number of aromatic nitrogens is 1. The summed E-state index contributed by atoms with van der Waals surface area (Å²) in [4.78, 5) is 11.1. The number of rotatable bonds is 6. The van der Waals surface area contributed by atoms with Gasteiger partial charge in [-0.3, -0.25) is 19.7 Å². The highest BCUT2D eigenvalue weighted by atomic mass is 19.4. The average Bonchev–Trinajstić information content (AvgIpc) is 3.05. The van der Waals surface area contributed by atoms with Crippen LogP contribution < -0.4 is 4.74 Å². The number of benzene rings is 1. The maximum atomic E-state index is 12.7. The van der Waals surface area contributed by atoms with Gasteiger partial charge in [-0.05, 0) is 63.1 Å². The molecule has 1 aromatic carbocycles. The Kier molecular flexibility index (Phi) is 7.88. The zero-order valence-corrected chi connectivity index (χ0v) is 19.2. The number of halogens is 3. The van der Waals surface area contributed by atoms with Crippen LogP contribution in [-0.4, -0.2) is 72.1 Å². The minimum absolute atomic E-state index is 0.582. The van der Waals surface area contributed by atoms with Crippen LogP contribution >= 0.6 is 0 Å². The van der Waals surface area contributed by atoms with Crippen molar-refractivity contribution in [2.24, 2.45) is 0 Å². The van der Waals surface area contributed by atoms with E-state index in [0.29, 0.717) is 12.6 Å². The molecule has 0 atom stereocenters. The first-order valence-electron chi connectivity index (χ1n) is 11.7. The Morgan fingerprint density at radius 1 is 0.909 bits per heavy atom. The lowest BCUT2D eigenvalue weighted by molar-refractivity contribution is -0.141. The Labute approximate surface area is 194 Å². The Hall–Kier alpha value is -2.16. The summed E-state index contributed by atoms with van der Waals surface area (Å²) in [5.41, 5.74) is 1.24. The molecule has 0 saturated carbocycles. The fourth-order valence-corrected chi connectivity index (χ4v) is 4.98. The summed E-state index contributed by atoms with van der Waals surface area (Å²) >= 11 is 0. The molecule has 1 aromatic heterocycles. The van der Waals surface area contributed by atoms with Crippen LogP contribution in [0, 0.1) is 0 Å². The Balaban J connectivity index is 1.24. The van der Waals surface area contributed by atoms with Gasteiger partial charge in [0.25, 0.3) is 0 Å². The van der Waals surface area contributed by atoms with Crippen molar-refractivity contribution < 1.29 is 17.9 Å². The minimum atomic E-state index is -4.38. The molecule has 0 radical (unpaired) electrons. The fraction of sp³-hybridized carbons (Fsp3) is 0.560. The van der Waals surface area contributed by atoms with Crippen molar-refractivity contribution in [1.29, 1.82) is 0 Å². The molecule has 0 N–H and O–H groups in total. The number of ether oxygens (including phenoxy) is 1. The van der Waals surface area contributed by atoms with E-state index in [-0.39, 0.29) is 0 Å². The minimum Gasteiger partial charge on any atom is -0.496 e. The third-order valence-corrected chi connectivity index (χ3v) is 6.80. The molecule has 0 unspecified atom stereocenters. The Morgan fingerprint density at radius 2 is 1.67 bits per heavy atom. The van der Waals surface area contributed by atoms with Gasteiger partial charge >= 0.3 is 6.18 Å². The van der Waals surface area contributed by atoms with E-state index in [1.54, 1.807) is 13.2 Å². The molecule has 3 heterocycles. The Bertz CT molecular complexity index is 882. The van der Waals surface area contributed by atoms with Gasteiger partial charge in [-0.15, -0.1) is 0 Å². The van der Waals surface area contributed by atoms with E-state index >= 15 is 0 Å². The number of alkyl halides is 3. The van der Waals surface area contributed by atoms with Gasteiger partial charge in [0, 0.05) is 44.0 Å². The molecule has 0 spiro atoms. The van der Waals surface area contributed by atoms with Crippen molar-refractivity contribution in [3.63, 3.8) is 0 Å². The van der Waals surface area contributed by atoms with Crippen LogP contribution in [0.2, 0.25) is 0 Å². The number of hydrogen-bond donors (Lipinski definition) is 0. The summed E-state index contributed by atoms with van der Waals surface area (Å²) in [6.45, 7) is 7.84. The lowest BCUT2D eigenvalue weighted by atomic mass is 10.0. The topological polar surface area (TPSA) is 31.8 Å². The smallest absolute Gasteiger partial charge is 0.433 e. The van der Waals surface area contributed by atoms with Crippen LogP contribution in [-0.2, 0) is 19.3 Å². The predicted octanol–water partition coefficient (Wildman–Crippen LogP) is 4.28. The highest BCUT2D eigenvalue weighted by molar-refractivity contribution is 5.33. The Morgan fingerprint density at radius 3 is 2.36 bits per heavy atom. The highest BCUT2D eigenvalue weighted by Crippen LogP contribution is 2.28. The normalized spacial score (nSPS) is 20.0. The van der Waals surface area contributed by atoms with Crippen molar-refractivity contribution in [1.82, 2.24) is 19.7 Å². The number of nitrogens with zero attached hydrogens (tertiary/aromatic N) is 4. The van der Waals surface area contributed by atoms with Gasteiger partial charge in [-0.1, -0.05) is 24.3 Å². The number of methoxy groups -OCH3 is 1. The zero-order chi connectivity index (χ0) is 23.3. The first-order chi connectivity index (χ1) is 15.9. The van der Waals surface area contributed by atoms with E-state index in [1.165, 1.54) is 11.8 Å². The molecule has 2 aliphatic heterocycles. The van der Waals surface area contributed by atoms with Crippen molar-refractivity contribution >= 4 is 0 Å². The van der Waals surface area contributed by atoms with Crippen molar-refractivity contribution in [2.75, 3.05) is 46.4 Å². The maximum Gasteiger partial charge on any atom is 0.433 e. The van der Waals surface area contributed by atoms with E-state index < -0.39 is 11.9 Å². The lowest BCUT2D eigenvalue weighted by Crippen LogP contribution is -2.45. The molecule has 2 saturated heterocycles. The molecule has 2 aliphatic rings. The van der Waals surface area contributed by atoms with Crippen LogP contribution in [0.15, 0.2) is 42.6 Å². The van der Waals surface area contributed by atoms with Crippen molar-refractivity contribution in [3.8, 4) is 5.75 Å². The molecule has 2 aromatic rings. The van der Waals surface area contributed by atoms with Gasteiger partial charge < -0.3 is 4.74 Å². The summed E-state index contributed by atoms with van der Waals surface area (Å²) in [6.07, 6.45) is 0.334. The van der Waals surface area contributed by atoms with Crippen molar-refractivity contribution in [3.05, 3.63) is 59.4 Å². The predicted molar refractivity (Wildman–Crippen MR) is 122 cm³/mol. The molecule has 180 valence electrons. The molecular weight excluding hydrogens is 429 g/mol. The zero-order valence-electron chi connectivity index (χ0n) is 19.2. The maximum absolute atomic E-state index is 12.7. The van der Waals surface area contributed by atoms with E-state index in [9.17, 15) is 13.2 Å². The standard InChI is InChI=1S/C25H33F3N4O/c1-33-23-6-3-2-5-21(23)19-30-11-4-12-32(16-15-30)22-9-13-31(14-10-22)18-20-7-8-24(29-17-20)25(26,27)28/h2-3,5-8,17,22H,4,9-16,18-19H2,1H3. The van der Waals surface area contributed by atoms with Gasteiger partial charge in [0.1, 0.15) is 11.4 Å². The second kappa shape index (κ2) is 10.8. The molecule has 4 rings (SSSR count). The average molecular weight is 463 g/mol. The lowest BCUT2D eigenvalue weighted by Gasteiger charge is -2.38. The second-order valence-corrected chi connectivity index (χ2v) is 9.03. The van der Waals surface area contributed by atoms with E-state index in [2.05, 4.69) is 31.8 Å². The number of hydrogen-bond acceptors (Lipinski definition) is 5. The largest absolute Gasteiger partial charge is 0.496 e. The van der Waals surface area contributed by atoms with E-state index in [1.807, 2.05) is 12.1 Å². The molecule has 33 heavy (non-hydrogen) atoms. The molecule has 5 nitrogen and oxygen atoms in total. The molecule has 8 heteroatoms. The van der Waals surface area contributed by atoms with Crippen LogP contribution in [0.25, 0.3) is 0 Å². The number of piperidine rings is 1. The summed E-state index contributed by atoms with van der Waals surface area (Å²) in [5, 5.41) is 0. The van der Waals surface area contributed by atoms with E-state index in [4.69, 9.17) is 4.74 Å². The second-order valence-electron chi connectivity index (χ2n) is 9.03. The van der Waals surface area contributed by atoms with Crippen LogP contribution in [0.5, 0.6) is 5.75 Å². The van der Waals surface area contributed by atoms with Crippen LogP contribution in [0.3, 0.4) is 0 Å². The summed E-state index contributed by atoms with van der Waals surface area (Å²) in [7, 11) is 1.73. The monoisotopic (exact) mass is 462 g/mol. The molecule has 0 amide bonds. The number of para-hydroxylation sites is 1. The third kappa shape index (κ3) is 6.46. The fourth-order valence-electron chi connectivity index (χ4n) is 4.98. The summed E-state index contributed by atoms with van der Waals surface area (Å²) in [6, 6.07) is 11.4. The third-order valence-electron chi connectivity index (χ3n) is 6.80. The van der Waals surface area contributed by atoms with E-state index in [0.717, 1.165) is 82.5 Å². The molecule has 0 bridgehead atoms. The van der Waals surface area contributed by atoms with Gasteiger partial charge in [0.15, 0.2) is 0 Å². The molecular formula is C25H33F3N4O. The number of pyridine rings is 1. The van der Waals surface area contributed by atoms with Gasteiger partial charge in [0.05, 0.1) is 7.11 Å². The molecule has 0 aliphatic carbocycles. The summed E-state index contributed by atoms with van der Waals surface area (Å²) in [5.74, 6) is 0.953. The van der Waals surface area contributed by atoms with Gasteiger partial charge in [0.2, 0.25) is 0 Å².